The van der Waals surface area contributed by atoms with Crippen LogP contribution >= 0.6 is 0 Å². The highest BCUT2D eigenvalue weighted by molar-refractivity contribution is 6.03. The maximum absolute atomic E-state index is 15.1. The Hall–Kier alpha value is -5.78. The van der Waals surface area contributed by atoms with Crippen LogP contribution in [0.3, 0.4) is 0 Å². The number of ether oxygens (including phenoxy) is 2. The highest BCUT2D eigenvalue weighted by Crippen LogP contribution is 2.32. The summed E-state index contributed by atoms with van der Waals surface area (Å²) < 4.78 is 11.1. The third kappa shape index (κ3) is 8.51. The van der Waals surface area contributed by atoms with E-state index in [0.717, 1.165) is 16.7 Å². The largest absolute Gasteiger partial charge is 0.497 e. The highest BCUT2D eigenvalue weighted by atomic mass is 16.5. The van der Waals surface area contributed by atoms with Crippen molar-refractivity contribution < 1.29 is 29.3 Å². The first-order valence-electron chi connectivity index (χ1n) is 16.7. The highest BCUT2D eigenvalue weighted by Gasteiger charge is 2.46. The number of methoxy groups -OCH3 is 2. The number of aliphatic hydroxyl groups is 2. The van der Waals surface area contributed by atoms with Gasteiger partial charge in [0, 0.05) is 37.1 Å². The number of nitrogens with zero attached hydrogens (tertiary/aromatic N) is 4. The molecule has 0 unspecified atom stereocenters. The Kier molecular flexibility index (Phi) is 11.2. The molecule has 3 amide bonds. The SMILES string of the molecule is COc1cc(CN2C(=O)N(Cc3cccc(C(=O)Nc4cnccn4)c3)[C@H](Cc3ccccc3)[C@H](O)[C@@H](O)[C@H]2Cc2ccccc2)cc(OC)c1. The third-order valence-corrected chi connectivity index (χ3v) is 9.12. The number of hydrogen-bond acceptors (Lipinski definition) is 8. The van der Waals surface area contributed by atoms with E-state index in [9.17, 15) is 15.0 Å². The van der Waals surface area contributed by atoms with Crippen LogP contribution in [0.4, 0.5) is 10.6 Å². The summed E-state index contributed by atoms with van der Waals surface area (Å²) in [6.07, 6.45) is 2.44. The first kappa shape index (κ1) is 35.1. The van der Waals surface area contributed by atoms with Crippen molar-refractivity contribution in [1.29, 1.82) is 0 Å². The van der Waals surface area contributed by atoms with E-state index in [4.69, 9.17) is 9.47 Å². The smallest absolute Gasteiger partial charge is 0.321 e. The summed E-state index contributed by atoms with van der Waals surface area (Å²) in [5.41, 5.74) is 3.56. The molecular weight excluding hydrogens is 646 g/mol. The van der Waals surface area contributed by atoms with E-state index in [0.29, 0.717) is 34.9 Å². The molecule has 2 heterocycles. The Balaban J connectivity index is 1.41. The van der Waals surface area contributed by atoms with Crippen LogP contribution in [0.25, 0.3) is 0 Å². The van der Waals surface area contributed by atoms with E-state index in [1.54, 1.807) is 48.3 Å². The lowest BCUT2D eigenvalue weighted by Crippen LogP contribution is -2.50. The summed E-state index contributed by atoms with van der Waals surface area (Å²) in [5.74, 6) is 1.04. The van der Waals surface area contributed by atoms with Gasteiger partial charge in [-0.15, -0.1) is 0 Å². The summed E-state index contributed by atoms with van der Waals surface area (Å²) >= 11 is 0. The average molecular weight is 688 g/mol. The zero-order chi connectivity index (χ0) is 35.7. The Labute approximate surface area is 297 Å². The lowest BCUT2D eigenvalue weighted by atomic mass is 9.91. The average Bonchev–Trinajstić information content (AvgIpc) is 3.23. The maximum Gasteiger partial charge on any atom is 0.321 e. The van der Waals surface area contributed by atoms with Gasteiger partial charge < -0.3 is 34.8 Å². The van der Waals surface area contributed by atoms with Crippen molar-refractivity contribution in [2.75, 3.05) is 19.5 Å². The molecule has 0 aliphatic carbocycles. The van der Waals surface area contributed by atoms with Gasteiger partial charge in [-0.1, -0.05) is 72.8 Å². The number of aliphatic hydroxyl groups excluding tert-OH is 2. The molecular formula is C40H41N5O6. The van der Waals surface area contributed by atoms with Crippen molar-refractivity contribution in [3.05, 3.63) is 150 Å². The monoisotopic (exact) mass is 687 g/mol. The number of rotatable bonds is 12. The predicted molar refractivity (Wildman–Crippen MR) is 192 cm³/mol. The fraction of sp³-hybridized carbons (Fsp3) is 0.250. The number of hydrogen-bond donors (Lipinski definition) is 3. The van der Waals surface area contributed by atoms with Crippen LogP contribution in [-0.2, 0) is 25.9 Å². The second kappa shape index (κ2) is 16.3. The molecule has 0 bridgehead atoms. The Morgan fingerprint density at radius 3 is 1.78 bits per heavy atom. The van der Waals surface area contributed by atoms with Crippen LogP contribution in [0.15, 0.2) is 122 Å². The van der Waals surface area contributed by atoms with Crippen molar-refractivity contribution in [1.82, 2.24) is 19.8 Å². The maximum atomic E-state index is 15.1. The van der Waals surface area contributed by atoms with Gasteiger partial charge in [0.05, 0.1) is 32.5 Å². The van der Waals surface area contributed by atoms with Gasteiger partial charge in [0.25, 0.3) is 5.91 Å². The standard InChI is InChI=1S/C40H41N5O6/c1-50-32-19-30(20-33(23-32)51-2)26-45-35(22-28-12-7-4-8-13-28)38(47)37(46)34(21-27-10-5-3-6-11-27)44(40(45)49)25-29-14-9-15-31(18-29)39(48)43-36-24-41-16-17-42-36/h3-20,23-24,34-35,37-38,46-47H,21-22,25-26H2,1-2H3,(H,42,43,48)/t34-,35-,37+,38+/m1/s1. The van der Waals surface area contributed by atoms with Crippen LogP contribution in [0.1, 0.15) is 32.6 Å². The van der Waals surface area contributed by atoms with Gasteiger partial charge in [-0.2, -0.15) is 0 Å². The summed E-state index contributed by atoms with van der Waals surface area (Å²) in [5, 5.41) is 26.9. The summed E-state index contributed by atoms with van der Waals surface area (Å²) in [7, 11) is 3.12. The molecule has 11 heteroatoms. The minimum Gasteiger partial charge on any atom is -0.497 e. The fourth-order valence-electron chi connectivity index (χ4n) is 6.53. The zero-order valence-electron chi connectivity index (χ0n) is 28.5. The molecule has 6 rings (SSSR count). The third-order valence-electron chi connectivity index (χ3n) is 9.12. The number of carbonyl (C=O) groups is 2. The van der Waals surface area contributed by atoms with Crippen molar-refractivity contribution in [3.63, 3.8) is 0 Å². The van der Waals surface area contributed by atoms with Gasteiger partial charge in [0.15, 0.2) is 5.82 Å². The molecule has 1 aliphatic heterocycles. The van der Waals surface area contributed by atoms with Gasteiger partial charge in [-0.05, 0) is 59.4 Å². The second-order valence-electron chi connectivity index (χ2n) is 12.5. The molecule has 11 nitrogen and oxygen atoms in total. The van der Waals surface area contributed by atoms with Gasteiger partial charge in [0.1, 0.15) is 23.7 Å². The molecule has 0 radical (unpaired) electrons. The van der Waals surface area contributed by atoms with Gasteiger partial charge >= 0.3 is 6.03 Å². The molecule has 51 heavy (non-hydrogen) atoms. The van der Waals surface area contributed by atoms with E-state index in [2.05, 4.69) is 15.3 Å². The number of nitrogens with one attached hydrogen (secondary N) is 1. The van der Waals surface area contributed by atoms with Crippen molar-refractivity contribution in [3.8, 4) is 11.5 Å². The molecule has 0 spiro atoms. The number of amides is 3. The van der Waals surface area contributed by atoms with E-state index < -0.39 is 24.3 Å². The summed E-state index contributed by atoms with van der Waals surface area (Å²) in [4.78, 5) is 39.7. The lowest BCUT2D eigenvalue weighted by Gasteiger charge is -2.36. The molecule has 1 fully saturated rings. The Bertz CT molecular complexity index is 1890. The first-order valence-corrected chi connectivity index (χ1v) is 16.7. The van der Waals surface area contributed by atoms with Gasteiger partial charge in [-0.3, -0.25) is 9.78 Å². The number of urea groups is 1. The van der Waals surface area contributed by atoms with Gasteiger partial charge in [-0.25, -0.2) is 9.78 Å². The minimum atomic E-state index is -1.31. The molecule has 4 aromatic carbocycles. The quantitative estimate of drug-likeness (QED) is 0.164. The van der Waals surface area contributed by atoms with E-state index in [1.807, 2.05) is 78.9 Å². The number of carbonyl (C=O) groups excluding carboxylic acids is 2. The van der Waals surface area contributed by atoms with E-state index in [-0.39, 0.29) is 31.4 Å². The lowest BCUT2D eigenvalue weighted by molar-refractivity contribution is -0.0408. The zero-order valence-corrected chi connectivity index (χ0v) is 28.5. The Morgan fingerprint density at radius 1 is 0.706 bits per heavy atom. The van der Waals surface area contributed by atoms with Crippen LogP contribution in [-0.4, -0.2) is 80.4 Å². The van der Waals surface area contributed by atoms with Crippen LogP contribution in [0.2, 0.25) is 0 Å². The van der Waals surface area contributed by atoms with Crippen molar-refractivity contribution in [2.45, 2.75) is 50.2 Å². The number of anilines is 1. The molecule has 3 N–H and O–H groups in total. The fourth-order valence-corrected chi connectivity index (χ4v) is 6.53. The van der Waals surface area contributed by atoms with Crippen molar-refractivity contribution >= 4 is 17.8 Å². The van der Waals surface area contributed by atoms with Crippen molar-refractivity contribution in [2.24, 2.45) is 0 Å². The Morgan fingerprint density at radius 2 is 1.25 bits per heavy atom. The second-order valence-corrected chi connectivity index (χ2v) is 12.5. The van der Waals surface area contributed by atoms with Crippen LogP contribution in [0.5, 0.6) is 11.5 Å². The van der Waals surface area contributed by atoms with Crippen LogP contribution < -0.4 is 14.8 Å². The van der Waals surface area contributed by atoms with Gasteiger partial charge in [0.2, 0.25) is 0 Å². The summed E-state index contributed by atoms with van der Waals surface area (Å²) in [6.45, 7) is 0.158. The molecule has 1 saturated heterocycles. The molecule has 1 aliphatic rings. The van der Waals surface area contributed by atoms with E-state index >= 15 is 4.79 Å². The molecule has 4 atom stereocenters. The predicted octanol–water partition coefficient (Wildman–Crippen LogP) is 5.13. The normalized spacial score (nSPS) is 18.9. The topological polar surface area (TPSA) is 137 Å². The first-order chi connectivity index (χ1) is 24.8. The van der Waals surface area contributed by atoms with E-state index in [1.165, 1.54) is 18.6 Å². The minimum absolute atomic E-state index is 0.0579. The number of benzene rings is 4. The van der Waals surface area contributed by atoms with Crippen LogP contribution in [0, 0.1) is 0 Å². The molecule has 262 valence electrons. The molecule has 0 saturated carbocycles. The molecule has 5 aromatic rings. The molecule has 1 aromatic heterocycles. The summed E-state index contributed by atoms with van der Waals surface area (Å²) in [6, 6.07) is 29.6. The number of aromatic nitrogens is 2.